The van der Waals surface area contributed by atoms with Gasteiger partial charge in [-0.25, -0.2) is 4.98 Å². The summed E-state index contributed by atoms with van der Waals surface area (Å²) in [6.45, 7) is 13.5. The SMILES string of the molecule is CC(C)CC(C)n1c(C(C)(C)C)nc2cc(N)ccc21. The molecule has 1 aromatic heterocycles. The number of rotatable bonds is 3. The van der Waals surface area contributed by atoms with Crippen LogP contribution in [0.3, 0.4) is 0 Å². The summed E-state index contributed by atoms with van der Waals surface area (Å²) in [5.41, 5.74) is 8.90. The van der Waals surface area contributed by atoms with E-state index >= 15 is 0 Å². The molecule has 0 spiro atoms. The summed E-state index contributed by atoms with van der Waals surface area (Å²) in [5, 5.41) is 0. The van der Waals surface area contributed by atoms with Gasteiger partial charge in [-0.2, -0.15) is 0 Å². The van der Waals surface area contributed by atoms with Crippen molar-refractivity contribution in [1.82, 2.24) is 9.55 Å². The fourth-order valence-corrected chi connectivity index (χ4v) is 2.88. The molecule has 110 valence electrons. The molecule has 3 nitrogen and oxygen atoms in total. The largest absolute Gasteiger partial charge is 0.399 e. The molecule has 2 aromatic rings. The number of nitrogens with two attached hydrogens (primary N) is 1. The van der Waals surface area contributed by atoms with Crippen LogP contribution in [-0.4, -0.2) is 9.55 Å². The summed E-state index contributed by atoms with van der Waals surface area (Å²) < 4.78 is 2.40. The molecule has 0 aliphatic heterocycles. The fourth-order valence-electron chi connectivity index (χ4n) is 2.88. The van der Waals surface area contributed by atoms with Crippen LogP contribution in [0, 0.1) is 5.92 Å². The van der Waals surface area contributed by atoms with Crippen molar-refractivity contribution in [2.75, 3.05) is 5.73 Å². The summed E-state index contributed by atoms with van der Waals surface area (Å²) in [5.74, 6) is 1.82. The molecule has 2 N–H and O–H groups in total. The van der Waals surface area contributed by atoms with Crippen molar-refractivity contribution in [3.8, 4) is 0 Å². The van der Waals surface area contributed by atoms with Crippen LogP contribution in [0.25, 0.3) is 11.0 Å². The third kappa shape index (κ3) is 2.82. The van der Waals surface area contributed by atoms with Crippen LogP contribution in [0.2, 0.25) is 0 Å². The highest BCUT2D eigenvalue weighted by Gasteiger charge is 2.25. The first kappa shape index (κ1) is 14.9. The molecule has 2 rings (SSSR count). The number of anilines is 1. The molecule has 1 heterocycles. The summed E-state index contributed by atoms with van der Waals surface area (Å²) >= 11 is 0. The lowest BCUT2D eigenvalue weighted by Crippen LogP contribution is -2.21. The highest BCUT2D eigenvalue weighted by atomic mass is 15.1. The van der Waals surface area contributed by atoms with E-state index < -0.39 is 0 Å². The van der Waals surface area contributed by atoms with Gasteiger partial charge in [0.1, 0.15) is 5.82 Å². The average molecular weight is 273 g/mol. The summed E-state index contributed by atoms with van der Waals surface area (Å²) in [7, 11) is 0. The maximum absolute atomic E-state index is 5.90. The monoisotopic (exact) mass is 273 g/mol. The predicted molar refractivity (Wildman–Crippen MR) is 87.0 cm³/mol. The lowest BCUT2D eigenvalue weighted by Gasteiger charge is -2.25. The first-order chi connectivity index (χ1) is 9.20. The maximum Gasteiger partial charge on any atom is 0.115 e. The van der Waals surface area contributed by atoms with E-state index in [1.807, 2.05) is 12.1 Å². The van der Waals surface area contributed by atoms with Crippen molar-refractivity contribution in [2.45, 2.75) is 59.4 Å². The average Bonchev–Trinajstić information content (AvgIpc) is 2.65. The van der Waals surface area contributed by atoms with Crippen molar-refractivity contribution in [3.63, 3.8) is 0 Å². The van der Waals surface area contributed by atoms with Gasteiger partial charge >= 0.3 is 0 Å². The van der Waals surface area contributed by atoms with Gasteiger partial charge in [-0.15, -0.1) is 0 Å². The lowest BCUT2D eigenvalue weighted by atomic mass is 9.94. The first-order valence-corrected chi connectivity index (χ1v) is 7.48. The maximum atomic E-state index is 5.90. The number of fused-ring (bicyclic) bond motifs is 1. The van der Waals surface area contributed by atoms with Gasteiger partial charge in [0.2, 0.25) is 0 Å². The van der Waals surface area contributed by atoms with Gasteiger partial charge in [0.25, 0.3) is 0 Å². The second-order valence-corrected chi connectivity index (χ2v) is 7.28. The molecule has 1 atom stereocenters. The standard InChI is InChI=1S/C17H27N3/c1-11(2)9-12(3)20-15-8-7-13(18)10-14(15)19-16(20)17(4,5)6/h7-8,10-12H,9,18H2,1-6H3. The minimum Gasteiger partial charge on any atom is -0.399 e. The van der Waals surface area contributed by atoms with E-state index in [1.165, 1.54) is 5.52 Å². The highest BCUT2D eigenvalue weighted by molar-refractivity contribution is 5.80. The first-order valence-electron chi connectivity index (χ1n) is 7.48. The van der Waals surface area contributed by atoms with Gasteiger partial charge in [-0.3, -0.25) is 0 Å². The van der Waals surface area contributed by atoms with Crippen LogP contribution >= 0.6 is 0 Å². The minimum atomic E-state index is 0.0268. The Morgan fingerprint density at radius 2 is 1.85 bits per heavy atom. The molecule has 3 heteroatoms. The molecular weight excluding hydrogens is 246 g/mol. The Kier molecular flexibility index (Phi) is 3.81. The Bertz CT molecular complexity index is 602. The van der Waals surface area contributed by atoms with Crippen LogP contribution in [0.15, 0.2) is 18.2 Å². The fraction of sp³-hybridized carbons (Fsp3) is 0.588. The van der Waals surface area contributed by atoms with E-state index in [2.05, 4.69) is 52.2 Å². The van der Waals surface area contributed by atoms with Crippen molar-refractivity contribution < 1.29 is 0 Å². The second-order valence-electron chi connectivity index (χ2n) is 7.28. The molecule has 0 aliphatic rings. The summed E-state index contributed by atoms with van der Waals surface area (Å²) in [6, 6.07) is 6.49. The molecule has 0 bridgehead atoms. The van der Waals surface area contributed by atoms with Crippen molar-refractivity contribution >= 4 is 16.7 Å². The molecule has 0 saturated carbocycles. The Morgan fingerprint density at radius 3 is 2.40 bits per heavy atom. The van der Waals surface area contributed by atoms with E-state index in [9.17, 15) is 0 Å². The lowest BCUT2D eigenvalue weighted by molar-refractivity contribution is 0.398. The van der Waals surface area contributed by atoms with Crippen LogP contribution in [-0.2, 0) is 5.41 Å². The number of hydrogen-bond donors (Lipinski definition) is 1. The molecule has 0 aliphatic carbocycles. The number of hydrogen-bond acceptors (Lipinski definition) is 2. The van der Waals surface area contributed by atoms with E-state index in [0.717, 1.165) is 23.4 Å². The Morgan fingerprint density at radius 1 is 1.20 bits per heavy atom. The van der Waals surface area contributed by atoms with Gasteiger partial charge in [0.05, 0.1) is 11.0 Å². The molecule has 0 saturated heterocycles. The molecule has 1 unspecified atom stereocenters. The molecule has 0 amide bonds. The van der Waals surface area contributed by atoms with E-state index in [-0.39, 0.29) is 5.41 Å². The van der Waals surface area contributed by atoms with Gasteiger partial charge in [-0.1, -0.05) is 34.6 Å². The molecule has 20 heavy (non-hydrogen) atoms. The Labute approximate surface area is 122 Å². The smallest absolute Gasteiger partial charge is 0.115 e. The second kappa shape index (κ2) is 5.12. The van der Waals surface area contributed by atoms with E-state index in [1.54, 1.807) is 0 Å². The highest BCUT2D eigenvalue weighted by Crippen LogP contribution is 2.32. The molecule has 0 radical (unpaired) electrons. The molecule has 1 aromatic carbocycles. The van der Waals surface area contributed by atoms with Crippen LogP contribution < -0.4 is 5.73 Å². The van der Waals surface area contributed by atoms with Crippen molar-refractivity contribution in [1.29, 1.82) is 0 Å². The summed E-state index contributed by atoms with van der Waals surface area (Å²) in [4.78, 5) is 4.86. The Balaban J connectivity index is 2.64. The normalized spacial score (nSPS) is 14.2. The summed E-state index contributed by atoms with van der Waals surface area (Å²) in [6.07, 6.45) is 1.15. The Hall–Kier alpha value is -1.51. The van der Waals surface area contributed by atoms with Crippen molar-refractivity contribution in [2.24, 2.45) is 5.92 Å². The zero-order valence-corrected chi connectivity index (χ0v) is 13.6. The minimum absolute atomic E-state index is 0.0268. The van der Waals surface area contributed by atoms with Gasteiger partial charge < -0.3 is 10.3 Å². The van der Waals surface area contributed by atoms with Crippen LogP contribution in [0.4, 0.5) is 5.69 Å². The van der Waals surface area contributed by atoms with Crippen LogP contribution in [0.1, 0.15) is 59.8 Å². The number of nitrogen functional groups attached to an aromatic ring is 1. The van der Waals surface area contributed by atoms with Gasteiger partial charge in [0, 0.05) is 17.1 Å². The molecule has 0 fully saturated rings. The zero-order valence-electron chi connectivity index (χ0n) is 13.6. The van der Waals surface area contributed by atoms with E-state index in [0.29, 0.717) is 12.0 Å². The zero-order chi connectivity index (χ0) is 15.1. The number of benzene rings is 1. The third-order valence-corrected chi connectivity index (χ3v) is 3.64. The topological polar surface area (TPSA) is 43.8 Å². The predicted octanol–water partition coefficient (Wildman–Crippen LogP) is 4.52. The number of imidazole rings is 1. The molecular formula is C17H27N3. The van der Waals surface area contributed by atoms with E-state index in [4.69, 9.17) is 10.7 Å². The number of nitrogens with zero attached hydrogens (tertiary/aromatic N) is 2. The van der Waals surface area contributed by atoms with Crippen LogP contribution in [0.5, 0.6) is 0 Å². The van der Waals surface area contributed by atoms with Crippen molar-refractivity contribution in [3.05, 3.63) is 24.0 Å². The number of aromatic nitrogens is 2. The van der Waals surface area contributed by atoms with Gasteiger partial charge in [0.15, 0.2) is 0 Å². The third-order valence-electron chi connectivity index (χ3n) is 3.64. The quantitative estimate of drug-likeness (QED) is 0.835. The van der Waals surface area contributed by atoms with Gasteiger partial charge in [-0.05, 0) is 37.5 Å².